The Hall–Kier alpha value is -3.20. The number of ether oxygens (including phenoxy) is 3. The van der Waals surface area contributed by atoms with E-state index >= 15 is 0 Å². The van der Waals surface area contributed by atoms with Gasteiger partial charge in [-0.05, 0) is 23.8 Å². The second-order valence-corrected chi connectivity index (χ2v) is 6.28. The fourth-order valence-corrected chi connectivity index (χ4v) is 3.21. The number of hydrogen-bond acceptors (Lipinski definition) is 6. The number of fused-ring (bicyclic) bond motifs is 1. The fraction of sp³-hybridized carbons (Fsp3) is 0.300. The van der Waals surface area contributed by atoms with Crippen LogP contribution in [0.2, 0.25) is 0 Å². The van der Waals surface area contributed by atoms with E-state index in [9.17, 15) is 5.26 Å². The number of nitrogens with zero attached hydrogens (tertiary/aromatic N) is 2. The second-order valence-electron chi connectivity index (χ2n) is 6.28. The van der Waals surface area contributed by atoms with Gasteiger partial charge in [-0.15, -0.1) is 0 Å². The number of nitrogens with one attached hydrogen (secondary N) is 1. The van der Waals surface area contributed by atoms with Crippen LogP contribution < -0.4 is 19.1 Å². The van der Waals surface area contributed by atoms with Gasteiger partial charge in [0.2, 0.25) is 5.90 Å². The third-order valence-corrected chi connectivity index (χ3v) is 4.59. The molecular weight excluding hydrogens is 330 g/mol. The van der Waals surface area contributed by atoms with Crippen molar-refractivity contribution >= 4 is 11.6 Å². The highest BCUT2D eigenvalue weighted by molar-refractivity contribution is 5.85. The van der Waals surface area contributed by atoms with Gasteiger partial charge < -0.3 is 19.1 Å². The molecule has 0 spiro atoms. The average molecular weight is 351 g/mol. The van der Waals surface area contributed by atoms with Crippen LogP contribution in [0.25, 0.3) is 0 Å². The topological polar surface area (TPSA) is 78.6 Å². The minimum atomic E-state index is -0.703. The SMILES string of the molecule is COc1ccc(C2c3ccc(N(C)C)cc3OC(=N)C2C#N)cc1OC. The summed E-state index contributed by atoms with van der Waals surface area (Å²) in [5, 5.41) is 17.9. The Morgan fingerprint density at radius 1 is 1.08 bits per heavy atom. The lowest BCUT2D eigenvalue weighted by Gasteiger charge is -2.31. The van der Waals surface area contributed by atoms with Crippen LogP contribution >= 0.6 is 0 Å². The van der Waals surface area contributed by atoms with E-state index in [2.05, 4.69) is 6.07 Å². The second kappa shape index (κ2) is 6.96. The standard InChI is InChI=1S/C20H21N3O3/c1-23(2)13-6-7-14-17(10-13)26-20(22)15(11-21)19(14)12-5-8-16(24-3)18(9-12)25-4/h5-10,15,19,22H,1-4H3. The maximum absolute atomic E-state index is 9.65. The average Bonchev–Trinajstić information content (AvgIpc) is 2.65. The highest BCUT2D eigenvalue weighted by atomic mass is 16.5. The Balaban J connectivity index is 2.16. The molecule has 0 radical (unpaired) electrons. The van der Waals surface area contributed by atoms with Crippen LogP contribution in [0.15, 0.2) is 36.4 Å². The zero-order valence-electron chi connectivity index (χ0n) is 15.2. The van der Waals surface area contributed by atoms with Crippen LogP contribution in [0.3, 0.4) is 0 Å². The van der Waals surface area contributed by atoms with Crippen LogP contribution in [-0.2, 0) is 0 Å². The Kier molecular flexibility index (Phi) is 4.72. The summed E-state index contributed by atoms with van der Waals surface area (Å²) < 4.78 is 16.4. The molecule has 0 fully saturated rings. The summed E-state index contributed by atoms with van der Waals surface area (Å²) in [7, 11) is 7.05. The quantitative estimate of drug-likeness (QED) is 0.913. The van der Waals surface area contributed by atoms with Gasteiger partial charge in [-0.25, -0.2) is 0 Å². The van der Waals surface area contributed by atoms with Gasteiger partial charge >= 0.3 is 0 Å². The zero-order chi connectivity index (χ0) is 18.8. The first-order valence-corrected chi connectivity index (χ1v) is 8.19. The maximum Gasteiger partial charge on any atom is 0.205 e. The number of methoxy groups -OCH3 is 2. The number of rotatable bonds is 4. The molecule has 0 saturated carbocycles. The first-order valence-electron chi connectivity index (χ1n) is 8.19. The maximum atomic E-state index is 9.65. The van der Waals surface area contributed by atoms with Gasteiger partial charge in [-0.2, -0.15) is 5.26 Å². The molecule has 0 aliphatic carbocycles. The number of anilines is 1. The molecule has 2 aromatic rings. The molecular formula is C20H21N3O3. The summed E-state index contributed by atoms with van der Waals surface area (Å²) in [5.41, 5.74) is 2.73. The molecule has 2 aromatic carbocycles. The molecule has 0 bridgehead atoms. The number of benzene rings is 2. The van der Waals surface area contributed by atoms with Crippen LogP contribution in [0, 0.1) is 22.7 Å². The predicted octanol–water partition coefficient (Wildman–Crippen LogP) is 3.41. The largest absolute Gasteiger partial charge is 0.493 e. The molecule has 1 aliphatic heterocycles. The van der Waals surface area contributed by atoms with Gasteiger partial charge in [0.1, 0.15) is 11.7 Å². The lowest BCUT2D eigenvalue weighted by atomic mass is 9.79. The first kappa shape index (κ1) is 17.6. The molecule has 6 heteroatoms. The van der Waals surface area contributed by atoms with Crippen molar-refractivity contribution in [1.29, 1.82) is 10.7 Å². The number of nitriles is 1. The number of hydrogen-bond donors (Lipinski definition) is 1. The van der Waals surface area contributed by atoms with Gasteiger partial charge in [0, 0.05) is 37.3 Å². The zero-order valence-corrected chi connectivity index (χ0v) is 15.2. The third-order valence-electron chi connectivity index (χ3n) is 4.59. The van der Waals surface area contributed by atoms with E-state index < -0.39 is 5.92 Å². The molecule has 2 unspecified atom stereocenters. The lowest BCUT2D eigenvalue weighted by molar-refractivity contribution is 0.354. The summed E-state index contributed by atoms with van der Waals surface area (Å²) in [6.45, 7) is 0. The normalized spacial score (nSPS) is 18.3. The van der Waals surface area contributed by atoms with Crippen molar-refractivity contribution in [3.63, 3.8) is 0 Å². The lowest BCUT2D eigenvalue weighted by Crippen LogP contribution is -2.31. The predicted molar refractivity (Wildman–Crippen MR) is 99.6 cm³/mol. The molecule has 26 heavy (non-hydrogen) atoms. The molecule has 1 aliphatic rings. The monoisotopic (exact) mass is 351 g/mol. The minimum Gasteiger partial charge on any atom is -0.493 e. The molecule has 0 saturated heterocycles. The molecule has 3 rings (SSSR count). The highest BCUT2D eigenvalue weighted by Crippen LogP contribution is 2.45. The van der Waals surface area contributed by atoms with E-state index in [1.807, 2.05) is 55.4 Å². The Morgan fingerprint density at radius 2 is 1.81 bits per heavy atom. The van der Waals surface area contributed by atoms with Crippen LogP contribution in [0.4, 0.5) is 5.69 Å². The van der Waals surface area contributed by atoms with Gasteiger partial charge in [0.25, 0.3) is 0 Å². The van der Waals surface area contributed by atoms with E-state index in [1.54, 1.807) is 14.2 Å². The van der Waals surface area contributed by atoms with E-state index in [0.29, 0.717) is 17.2 Å². The highest BCUT2D eigenvalue weighted by Gasteiger charge is 2.37. The summed E-state index contributed by atoms with van der Waals surface area (Å²) in [5.74, 6) is 0.752. The summed E-state index contributed by atoms with van der Waals surface area (Å²) in [4.78, 5) is 1.97. The van der Waals surface area contributed by atoms with Crippen LogP contribution in [0.5, 0.6) is 17.2 Å². The van der Waals surface area contributed by atoms with Crippen LogP contribution in [0.1, 0.15) is 17.0 Å². The first-order chi connectivity index (χ1) is 12.5. The fourth-order valence-electron chi connectivity index (χ4n) is 3.21. The third kappa shape index (κ3) is 2.93. The van der Waals surface area contributed by atoms with E-state index in [-0.39, 0.29) is 11.8 Å². The molecule has 6 nitrogen and oxygen atoms in total. The summed E-state index contributed by atoms with van der Waals surface area (Å²) in [6, 6.07) is 13.6. The van der Waals surface area contributed by atoms with Crippen LogP contribution in [-0.4, -0.2) is 34.2 Å². The van der Waals surface area contributed by atoms with Gasteiger partial charge in [0.05, 0.1) is 20.3 Å². The van der Waals surface area contributed by atoms with Gasteiger partial charge in [-0.3, -0.25) is 5.41 Å². The van der Waals surface area contributed by atoms with Crippen molar-refractivity contribution in [2.75, 3.05) is 33.2 Å². The van der Waals surface area contributed by atoms with Crippen molar-refractivity contribution in [2.45, 2.75) is 5.92 Å². The van der Waals surface area contributed by atoms with E-state index in [0.717, 1.165) is 16.8 Å². The van der Waals surface area contributed by atoms with Gasteiger partial charge in [0.15, 0.2) is 11.5 Å². The molecule has 1 N–H and O–H groups in total. The van der Waals surface area contributed by atoms with Gasteiger partial charge in [-0.1, -0.05) is 12.1 Å². The smallest absolute Gasteiger partial charge is 0.205 e. The molecule has 2 atom stereocenters. The molecule has 134 valence electrons. The molecule has 1 heterocycles. The van der Waals surface area contributed by atoms with Crippen molar-refractivity contribution in [2.24, 2.45) is 5.92 Å². The van der Waals surface area contributed by atoms with Crippen molar-refractivity contribution in [1.82, 2.24) is 0 Å². The Labute approximate surface area is 153 Å². The van der Waals surface area contributed by atoms with Crippen molar-refractivity contribution in [3.8, 4) is 23.3 Å². The summed E-state index contributed by atoms with van der Waals surface area (Å²) in [6.07, 6.45) is 0. The Morgan fingerprint density at radius 3 is 2.42 bits per heavy atom. The van der Waals surface area contributed by atoms with Crippen molar-refractivity contribution < 1.29 is 14.2 Å². The van der Waals surface area contributed by atoms with Crippen molar-refractivity contribution in [3.05, 3.63) is 47.5 Å². The Bertz CT molecular complexity index is 886. The van der Waals surface area contributed by atoms with E-state index in [1.165, 1.54) is 0 Å². The molecule has 0 aromatic heterocycles. The minimum absolute atomic E-state index is 0.0457. The molecule has 0 amide bonds. The van der Waals surface area contributed by atoms with E-state index in [4.69, 9.17) is 19.6 Å². The summed E-state index contributed by atoms with van der Waals surface area (Å²) >= 11 is 0.